The first-order valence-electron chi connectivity index (χ1n) is 3.86. The Morgan fingerprint density at radius 3 is 2.33 bits per heavy atom. The Bertz CT molecular complexity index is 197. The first-order valence-corrected chi connectivity index (χ1v) is 4.84. The van der Waals surface area contributed by atoms with E-state index in [4.69, 9.17) is 0 Å². The van der Waals surface area contributed by atoms with Gasteiger partial charge in [0.25, 0.3) is 0 Å². The molecule has 0 radical (unpaired) electrons. The maximum Gasteiger partial charge on any atom is 0.185 e. The molecule has 68 valence electrons. The first kappa shape index (κ1) is 11.4. The number of ketones is 1. The van der Waals surface area contributed by atoms with Crippen molar-refractivity contribution in [2.45, 2.75) is 26.7 Å². The molecule has 0 N–H and O–H groups in total. The molecule has 0 heterocycles. The van der Waals surface area contributed by atoms with E-state index < -0.39 is 0 Å². The van der Waals surface area contributed by atoms with Gasteiger partial charge < -0.3 is 0 Å². The van der Waals surface area contributed by atoms with Gasteiger partial charge >= 0.3 is 0 Å². The summed E-state index contributed by atoms with van der Waals surface area (Å²) in [5.74, 6) is 0.827. The molecule has 12 heavy (non-hydrogen) atoms. The normalized spacial score (nSPS) is 9.50. The molecule has 0 unspecified atom stereocenters. The van der Waals surface area contributed by atoms with E-state index in [9.17, 15) is 9.59 Å². The lowest BCUT2D eigenvalue weighted by atomic mass is 10.1. The molecule has 0 aliphatic carbocycles. The molecule has 0 amide bonds. The largest absolute Gasteiger partial charge is 0.295 e. The Kier molecular flexibility index (Phi) is 5.72. The predicted octanol–water partition coefficient (Wildman–Crippen LogP) is 2.19. The van der Waals surface area contributed by atoms with Gasteiger partial charge in [-0.05, 0) is 18.9 Å². The van der Waals surface area contributed by atoms with E-state index >= 15 is 0 Å². The van der Waals surface area contributed by atoms with Crippen molar-refractivity contribution < 1.29 is 9.59 Å². The molecule has 0 aliphatic heterocycles. The van der Waals surface area contributed by atoms with Crippen LogP contribution in [0.3, 0.4) is 0 Å². The molecule has 0 aromatic rings. The average molecular weight is 186 g/mol. The standard InChI is InChI=1S/C9H14O2S/c1-7(2)9(11)5-4-6-12-8(3)10/h1,4-6H2,2-3H3. The van der Waals surface area contributed by atoms with E-state index in [2.05, 4.69) is 6.58 Å². The van der Waals surface area contributed by atoms with Gasteiger partial charge in [0.1, 0.15) is 0 Å². The highest BCUT2D eigenvalue weighted by molar-refractivity contribution is 8.13. The summed E-state index contributed by atoms with van der Waals surface area (Å²) in [4.78, 5) is 21.5. The zero-order chi connectivity index (χ0) is 9.56. The number of Topliss-reactive ketones (excluding diaryl/α,β-unsaturated/α-hetero) is 1. The molecular weight excluding hydrogens is 172 g/mol. The highest BCUT2D eigenvalue weighted by Gasteiger charge is 2.02. The molecule has 0 saturated heterocycles. The van der Waals surface area contributed by atoms with Crippen molar-refractivity contribution in [2.24, 2.45) is 0 Å². The van der Waals surface area contributed by atoms with Crippen LogP contribution in [-0.4, -0.2) is 16.7 Å². The zero-order valence-electron chi connectivity index (χ0n) is 7.55. The second-order valence-corrected chi connectivity index (χ2v) is 3.92. The van der Waals surface area contributed by atoms with Gasteiger partial charge in [-0.2, -0.15) is 0 Å². The van der Waals surface area contributed by atoms with E-state index in [0.29, 0.717) is 12.0 Å². The fourth-order valence-corrected chi connectivity index (χ4v) is 1.24. The van der Waals surface area contributed by atoms with E-state index in [0.717, 1.165) is 12.2 Å². The lowest BCUT2D eigenvalue weighted by Crippen LogP contribution is -1.99. The van der Waals surface area contributed by atoms with E-state index in [-0.39, 0.29) is 10.9 Å². The lowest BCUT2D eigenvalue weighted by Gasteiger charge is -1.97. The maximum atomic E-state index is 11.0. The van der Waals surface area contributed by atoms with Crippen LogP contribution >= 0.6 is 11.8 Å². The third-order valence-corrected chi connectivity index (χ3v) is 2.23. The minimum absolute atomic E-state index is 0.0964. The summed E-state index contributed by atoms with van der Waals surface area (Å²) >= 11 is 1.26. The second kappa shape index (κ2) is 6.00. The molecule has 0 bridgehead atoms. The molecule has 0 atom stereocenters. The number of hydrogen-bond donors (Lipinski definition) is 0. The van der Waals surface area contributed by atoms with E-state index in [1.807, 2.05) is 0 Å². The molecule has 0 spiro atoms. The Balaban J connectivity index is 3.38. The third kappa shape index (κ3) is 6.16. The van der Waals surface area contributed by atoms with Gasteiger partial charge in [-0.1, -0.05) is 18.3 Å². The van der Waals surface area contributed by atoms with Crippen molar-refractivity contribution in [3.8, 4) is 0 Å². The topological polar surface area (TPSA) is 34.1 Å². The van der Waals surface area contributed by atoms with Gasteiger partial charge in [-0.3, -0.25) is 9.59 Å². The van der Waals surface area contributed by atoms with Crippen LogP contribution in [0, 0.1) is 0 Å². The second-order valence-electron chi connectivity index (χ2n) is 2.65. The Labute approximate surface area is 77.4 Å². The quantitative estimate of drug-likeness (QED) is 0.487. The smallest absolute Gasteiger partial charge is 0.185 e. The van der Waals surface area contributed by atoms with Crippen LogP contribution in [-0.2, 0) is 9.59 Å². The van der Waals surface area contributed by atoms with Gasteiger partial charge in [0, 0.05) is 19.1 Å². The van der Waals surface area contributed by atoms with Gasteiger partial charge in [-0.25, -0.2) is 0 Å². The molecular formula is C9H14O2S. The van der Waals surface area contributed by atoms with Gasteiger partial charge in [0.2, 0.25) is 0 Å². The lowest BCUT2D eigenvalue weighted by molar-refractivity contribution is -0.115. The van der Waals surface area contributed by atoms with Crippen molar-refractivity contribution >= 4 is 22.7 Å². The Morgan fingerprint density at radius 1 is 1.33 bits per heavy atom. The van der Waals surface area contributed by atoms with Crippen LogP contribution in [0.1, 0.15) is 26.7 Å². The van der Waals surface area contributed by atoms with Crippen LogP contribution in [0.2, 0.25) is 0 Å². The summed E-state index contributed by atoms with van der Waals surface area (Å²) in [6.07, 6.45) is 1.27. The summed E-state index contributed by atoms with van der Waals surface area (Å²) in [6.45, 7) is 6.79. The highest BCUT2D eigenvalue weighted by Crippen LogP contribution is 2.07. The average Bonchev–Trinajstić information content (AvgIpc) is 1.97. The number of carbonyl (C=O) groups is 2. The molecule has 0 saturated carbocycles. The van der Waals surface area contributed by atoms with Crippen LogP contribution in [0.5, 0.6) is 0 Å². The van der Waals surface area contributed by atoms with Gasteiger partial charge in [0.15, 0.2) is 10.9 Å². The van der Waals surface area contributed by atoms with Crippen LogP contribution in [0.15, 0.2) is 12.2 Å². The summed E-state index contributed by atoms with van der Waals surface area (Å²) < 4.78 is 0. The van der Waals surface area contributed by atoms with Gasteiger partial charge in [-0.15, -0.1) is 0 Å². The van der Waals surface area contributed by atoms with Crippen LogP contribution < -0.4 is 0 Å². The number of rotatable bonds is 5. The zero-order valence-corrected chi connectivity index (χ0v) is 8.37. The predicted molar refractivity (Wildman–Crippen MR) is 52.2 cm³/mol. The third-order valence-electron chi connectivity index (χ3n) is 1.33. The van der Waals surface area contributed by atoms with Crippen molar-refractivity contribution in [1.82, 2.24) is 0 Å². The number of thioether (sulfide) groups is 1. The molecule has 3 heteroatoms. The van der Waals surface area contributed by atoms with Crippen molar-refractivity contribution in [2.75, 3.05) is 5.75 Å². The first-order chi connectivity index (χ1) is 5.54. The molecule has 0 aliphatic rings. The highest BCUT2D eigenvalue weighted by atomic mass is 32.2. The van der Waals surface area contributed by atoms with E-state index in [1.54, 1.807) is 6.92 Å². The van der Waals surface area contributed by atoms with E-state index in [1.165, 1.54) is 18.7 Å². The van der Waals surface area contributed by atoms with Crippen molar-refractivity contribution in [3.63, 3.8) is 0 Å². The number of carbonyl (C=O) groups excluding carboxylic acids is 2. The van der Waals surface area contributed by atoms with Crippen molar-refractivity contribution in [3.05, 3.63) is 12.2 Å². The summed E-state index contributed by atoms with van der Waals surface area (Å²) in [5, 5.41) is 0.109. The summed E-state index contributed by atoms with van der Waals surface area (Å²) in [6, 6.07) is 0. The van der Waals surface area contributed by atoms with Crippen LogP contribution in [0.4, 0.5) is 0 Å². The Morgan fingerprint density at radius 2 is 1.92 bits per heavy atom. The number of allylic oxidation sites excluding steroid dienone is 1. The fourth-order valence-electron chi connectivity index (χ4n) is 0.662. The minimum atomic E-state index is 0.0964. The molecule has 0 fully saturated rings. The SMILES string of the molecule is C=C(C)C(=O)CCCSC(C)=O. The van der Waals surface area contributed by atoms with Crippen LogP contribution in [0.25, 0.3) is 0 Å². The molecule has 2 nitrogen and oxygen atoms in total. The summed E-state index contributed by atoms with van der Waals surface area (Å²) in [5.41, 5.74) is 0.600. The molecule has 0 aromatic heterocycles. The van der Waals surface area contributed by atoms with Crippen molar-refractivity contribution in [1.29, 1.82) is 0 Å². The maximum absolute atomic E-state index is 11.0. The monoisotopic (exact) mass is 186 g/mol. The minimum Gasteiger partial charge on any atom is -0.295 e. The molecule has 0 rings (SSSR count). The molecule has 0 aromatic carbocycles. The Hall–Kier alpha value is -0.570. The van der Waals surface area contributed by atoms with Gasteiger partial charge in [0.05, 0.1) is 0 Å². The number of hydrogen-bond acceptors (Lipinski definition) is 3. The summed E-state index contributed by atoms with van der Waals surface area (Å²) in [7, 11) is 0. The fraction of sp³-hybridized carbons (Fsp3) is 0.556.